The van der Waals surface area contributed by atoms with Crippen LogP contribution in [0.4, 0.5) is 4.79 Å². The Hall–Kier alpha value is -1.26. The Balaban J connectivity index is 2.37. The van der Waals surface area contributed by atoms with Crippen LogP contribution in [0.15, 0.2) is 0 Å². The van der Waals surface area contributed by atoms with Crippen LogP contribution in [0.3, 0.4) is 0 Å². The van der Waals surface area contributed by atoms with Crippen LogP contribution in [-0.4, -0.2) is 29.2 Å². The molecule has 1 aliphatic rings. The van der Waals surface area contributed by atoms with Crippen LogP contribution in [-0.2, 0) is 4.79 Å². The number of nitrogens with one attached hydrogen (secondary N) is 2. The fourth-order valence-corrected chi connectivity index (χ4v) is 2.12. The topological polar surface area (TPSA) is 78.4 Å². The molecule has 1 fully saturated rings. The van der Waals surface area contributed by atoms with Crippen LogP contribution < -0.4 is 10.6 Å². The van der Waals surface area contributed by atoms with Crippen LogP contribution in [0.2, 0.25) is 0 Å². The molecule has 0 aromatic heterocycles. The van der Waals surface area contributed by atoms with Crippen molar-refractivity contribution in [3.8, 4) is 0 Å². The molecule has 1 saturated carbocycles. The predicted molar refractivity (Wildman–Crippen MR) is 69.3 cm³/mol. The number of rotatable bonds is 6. The second-order valence-electron chi connectivity index (χ2n) is 5.55. The summed E-state index contributed by atoms with van der Waals surface area (Å²) in [7, 11) is 0. The fourth-order valence-electron chi connectivity index (χ4n) is 2.12. The molecular formula is C13H24N2O3. The number of carboxylic acid groups (broad SMARTS) is 1. The molecule has 0 heterocycles. The summed E-state index contributed by atoms with van der Waals surface area (Å²) in [6.07, 6.45) is 3.54. The van der Waals surface area contributed by atoms with Gasteiger partial charge in [-0.1, -0.05) is 20.3 Å². The minimum Gasteiger partial charge on any atom is -0.481 e. The Labute approximate surface area is 108 Å². The molecule has 0 aliphatic heterocycles. The Morgan fingerprint density at radius 2 is 1.83 bits per heavy atom. The summed E-state index contributed by atoms with van der Waals surface area (Å²) in [6, 6.07) is -0.415. The normalized spacial score (nSPS) is 18.9. The highest BCUT2D eigenvalue weighted by Gasteiger charge is 2.26. The van der Waals surface area contributed by atoms with Crippen molar-refractivity contribution in [1.29, 1.82) is 0 Å². The molecule has 3 N–H and O–H groups in total. The molecule has 2 unspecified atom stereocenters. The third-order valence-electron chi connectivity index (χ3n) is 3.73. The highest BCUT2D eigenvalue weighted by atomic mass is 16.4. The van der Waals surface area contributed by atoms with E-state index >= 15 is 0 Å². The van der Waals surface area contributed by atoms with E-state index in [9.17, 15) is 9.59 Å². The minimum absolute atomic E-state index is 0.0388. The highest BCUT2D eigenvalue weighted by molar-refractivity contribution is 5.76. The standard InChI is InChI=1S/C13H24N2O3/c1-8(2)11(7-12(16)17)15-13(18)14-9(3)10-5-4-6-10/h8-11H,4-7H2,1-3H3,(H,16,17)(H2,14,15,18). The van der Waals surface area contributed by atoms with Crippen molar-refractivity contribution < 1.29 is 14.7 Å². The lowest BCUT2D eigenvalue weighted by Crippen LogP contribution is -2.50. The third kappa shape index (κ3) is 4.55. The van der Waals surface area contributed by atoms with Gasteiger partial charge < -0.3 is 15.7 Å². The van der Waals surface area contributed by atoms with Crippen molar-refractivity contribution in [2.75, 3.05) is 0 Å². The monoisotopic (exact) mass is 256 g/mol. The summed E-state index contributed by atoms with van der Waals surface area (Å²) in [5.74, 6) is -0.209. The minimum atomic E-state index is -0.888. The van der Waals surface area contributed by atoms with Crippen molar-refractivity contribution in [2.45, 2.75) is 58.5 Å². The average Bonchev–Trinajstić information content (AvgIpc) is 2.11. The summed E-state index contributed by atoms with van der Waals surface area (Å²) in [5, 5.41) is 14.4. The lowest BCUT2D eigenvalue weighted by molar-refractivity contribution is -0.137. The molecular weight excluding hydrogens is 232 g/mol. The Morgan fingerprint density at radius 3 is 2.22 bits per heavy atom. The number of hydrogen-bond donors (Lipinski definition) is 3. The van der Waals surface area contributed by atoms with Gasteiger partial charge in [-0.2, -0.15) is 0 Å². The van der Waals surface area contributed by atoms with Crippen molar-refractivity contribution in [3.05, 3.63) is 0 Å². The molecule has 0 radical (unpaired) electrons. The van der Waals surface area contributed by atoms with Gasteiger partial charge in [0, 0.05) is 12.1 Å². The van der Waals surface area contributed by atoms with E-state index in [-0.39, 0.29) is 30.5 Å². The van der Waals surface area contributed by atoms with Gasteiger partial charge in [0.05, 0.1) is 6.42 Å². The molecule has 0 spiro atoms. The molecule has 5 nitrogen and oxygen atoms in total. The number of hydrogen-bond acceptors (Lipinski definition) is 2. The Morgan fingerprint density at radius 1 is 1.22 bits per heavy atom. The van der Waals surface area contributed by atoms with Gasteiger partial charge in [0.2, 0.25) is 0 Å². The number of aliphatic carboxylic acids is 1. The van der Waals surface area contributed by atoms with Gasteiger partial charge in [0.25, 0.3) is 0 Å². The first kappa shape index (κ1) is 14.8. The smallest absolute Gasteiger partial charge is 0.315 e. The van der Waals surface area contributed by atoms with Crippen LogP contribution in [0.5, 0.6) is 0 Å². The maximum Gasteiger partial charge on any atom is 0.315 e. The van der Waals surface area contributed by atoms with Crippen LogP contribution in [0.1, 0.15) is 46.5 Å². The van der Waals surface area contributed by atoms with E-state index in [1.807, 2.05) is 20.8 Å². The first-order valence-electron chi connectivity index (χ1n) is 6.69. The molecule has 0 saturated heterocycles. The largest absolute Gasteiger partial charge is 0.481 e. The van der Waals surface area contributed by atoms with E-state index in [0.717, 1.165) is 0 Å². The van der Waals surface area contributed by atoms with Gasteiger partial charge in [0.1, 0.15) is 0 Å². The molecule has 1 rings (SSSR count). The SMILES string of the molecule is CC(C)C(CC(=O)O)NC(=O)NC(C)C1CCC1. The first-order valence-corrected chi connectivity index (χ1v) is 6.69. The zero-order valence-electron chi connectivity index (χ0n) is 11.4. The molecule has 18 heavy (non-hydrogen) atoms. The quantitative estimate of drug-likeness (QED) is 0.680. The van der Waals surface area contributed by atoms with Crippen molar-refractivity contribution in [3.63, 3.8) is 0 Å². The van der Waals surface area contributed by atoms with Gasteiger partial charge in [0.15, 0.2) is 0 Å². The predicted octanol–water partition coefficient (Wildman–Crippen LogP) is 1.97. The molecule has 2 atom stereocenters. The second kappa shape index (κ2) is 6.61. The zero-order valence-corrected chi connectivity index (χ0v) is 11.4. The van der Waals surface area contributed by atoms with Gasteiger partial charge in [-0.25, -0.2) is 4.79 Å². The number of carbonyl (C=O) groups is 2. The number of carbonyl (C=O) groups excluding carboxylic acids is 1. The van der Waals surface area contributed by atoms with Gasteiger partial charge >= 0.3 is 12.0 Å². The zero-order chi connectivity index (χ0) is 13.7. The Kier molecular flexibility index (Phi) is 5.44. The summed E-state index contributed by atoms with van der Waals surface area (Å²) >= 11 is 0. The number of carboxylic acids is 1. The third-order valence-corrected chi connectivity index (χ3v) is 3.73. The van der Waals surface area contributed by atoms with E-state index in [1.54, 1.807) is 0 Å². The maximum absolute atomic E-state index is 11.8. The van der Waals surface area contributed by atoms with E-state index in [4.69, 9.17) is 5.11 Å². The van der Waals surface area contributed by atoms with Crippen molar-refractivity contribution >= 4 is 12.0 Å². The van der Waals surface area contributed by atoms with Gasteiger partial charge in [-0.05, 0) is 31.6 Å². The molecule has 2 amide bonds. The summed E-state index contributed by atoms with van der Waals surface area (Å²) in [5.41, 5.74) is 0. The van der Waals surface area contributed by atoms with E-state index in [1.165, 1.54) is 19.3 Å². The maximum atomic E-state index is 11.8. The number of amides is 2. The van der Waals surface area contributed by atoms with E-state index in [0.29, 0.717) is 5.92 Å². The molecule has 5 heteroatoms. The lowest BCUT2D eigenvalue weighted by Gasteiger charge is -2.32. The average molecular weight is 256 g/mol. The molecule has 1 aliphatic carbocycles. The summed E-state index contributed by atoms with van der Waals surface area (Å²) in [6.45, 7) is 5.82. The van der Waals surface area contributed by atoms with Gasteiger partial charge in [-0.15, -0.1) is 0 Å². The number of urea groups is 1. The van der Waals surface area contributed by atoms with E-state index < -0.39 is 5.97 Å². The van der Waals surface area contributed by atoms with Crippen LogP contribution >= 0.6 is 0 Å². The van der Waals surface area contributed by atoms with Gasteiger partial charge in [-0.3, -0.25) is 4.79 Å². The lowest BCUT2D eigenvalue weighted by atomic mass is 9.80. The molecule has 0 aromatic rings. The Bertz CT molecular complexity index is 301. The van der Waals surface area contributed by atoms with Crippen LogP contribution in [0.25, 0.3) is 0 Å². The molecule has 0 aromatic carbocycles. The van der Waals surface area contributed by atoms with Crippen molar-refractivity contribution in [1.82, 2.24) is 10.6 Å². The van der Waals surface area contributed by atoms with E-state index in [2.05, 4.69) is 10.6 Å². The summed E-state index contributed by atoms with van der Waals surface area (Å²) < 4.78 is 0. The molecule has 0 bridgehead atoms. The van der Waals surface area contributed by atoms with Crippen LogP contribution in [0, 0.1) is 11.8 Å². The van der Waals surface area contributed by atoms with Crippen molar-refractivity contribution in [2.24, 2.45) is 11.8 Å². The first-order chi connectivity index (χ1) is 8.40. The second-order valence-corrected chi connectivity index (χ2v) is 5.55. The fraction of sp³-hybridized carbons (Fsp3) is 0.846. The molecule has 104 valence electrons. The highest BCUT2D eigenvalue weighted by Crippen LogP contribution is 2.29. The summed E-state index contributed by atoms with van der Waals surface area (Å²) in [4.78, 5) is 22.5.